The normalized spacial score (nSPS) is 11.8. The third-order valence-corrected chi connectivity index (χ3v) is 4.94. The van der Waals surface area contributed by atoms with Crippen LogP contribution in [0.25, 0.3) is 0 Å². The molecule has 1 rings (SSSR count). The zero-order valence-corrected chi connectivity index (χ0v) is 12.2. The Hall–Kier alpha value is -0.910. The number of hydrogen-bond donors (Lipinski definition) is 2. The van der Waals surface area contributed by atoms with E-state index in [9.17, 15) is 8.42 Å². The van der Waals surface area contributed by atoms with Gasteiger partial charge in [-0.15, -0.1) is 0 Å². The maximum atomic E-state index is 12.2. The highest BCUT2D eigenvalue weighted by Gasteiger charge is 2.19. The topological polar surface area (TPSA) is 66.4 Å². The fraction of sp³-hybridized carbons (Fsp3) is 0.538. The van der Waals surface area contributed by atoms with Crippen LogP contribution in [0.4, 0.5) is 0 Å². The first-order valence-electron chi connectivity index (χ1n) is 5.99. The summed E-state index contributed by atoms with van der Waals surface area (Å²) in [6, 6.07) is 1.71. The Morgan fingerprint density at radius 3 is 2.28 bits per heavy atom. The highest BCUT2D eigenvalue weighted by atomic mass is 32.2. The molecule has 0 saturated carbocycles. The van der Waals surface area contributed by atoms with Gasteiger partial charge in [-0.25, -0.2) is 13.1 Å². The second-order valence-corrected chi connectivity index (χ2v) is 6.28. The fourth-order valence-corrected chi connectivity index (χ4v) is 3.27. The van der Waals surface area contributed by atoms with E-state index in [1.54, 1.807) is 6.07 Å². The van der Waals surface area contributed by atoms with Crippen LogP contribution < -0.4 is 4.72 Å². The van der Waals surface area contributed by atoms with Gasteiger partial charge in [0.05, 0.1) is 4.90 Å². The Labute approximate surface area is 109 Å². The molecule has 1 aromatic carbocycles. The average molecular weight is 271 g/mol. The number of rotatable bonds is 5. The quantitative estimate of drug-likeness (QED) is 0.799. The molecule has 0 fully saturated rings. The van der Waals surface area contributed by atoms with Gasteiger partial charge in [0.15, 0.2) is 0 Å². The monoisotopic (exact) mass is 271 g/mol. The van der Waals surface area contributed by atoms with Gasteiger partial charge in [0.25, 0.3) is 0 Å². The first-order chi connectivity index (χ1) is 8.31. The molecular formula is C13H21NO3S. The standard InChI is InChI=1S/C13H21NO3S/c1-9-8-13(12(4)11(3)10(9)2)18(16,17)14-6-5-7-15/h8,14-15H,5-7H2,1-4H3. The molecule has 2 N–H and O–H groups in total. The van der Waals surface area contributed by atoms with Gasteiger partial charge >= 0.3 is 0 Å². The van der Waals surface area contributed by atoms with E-state index in [2.05, 4.69) is 4.72 Å². The van der Waals surface area contributed by atoms with Crippen LogP contribution in [-0.4, -0.2) is 26.7 Å². The molecule has 1 aromatic rings. The Balaban J connectivity index is 3.17. The average Bonchev–Trinajstić information content (AvgIpc) is 2.31. The first kappa shape index (κ1) is 15.1. The number of aliphatic hydroxyl groups is 1. The van der Waals surface area contributed by atoms with Crippen LogP contribution in [0.1, 0.15) is 28.7 Å². The summed E-state index contributed by atoms with van der Waals surface area (Å²) in [5, 5.41) is 8.68. The minimum Gasteiger partial charge on any atom is -0.396 e. The molecule has 102 valence electrons. The summed E-state index contributed by atoms with van der Waals surface area (Å²) >= 11 is 0. The van der Waals surface area contributed by atoms with Crippen LogP contribution in [0.15, 0.2) is 11.0 Å². The van der Waals surface area contributed by atoms with Crippen molar-refractivity contribution in [3.05, 3.63) is 28.3 Å². The van der Waals surface area contributed by atoms with Gasteiger partial charge in [0.1, 0.15) is 0 Å². The Morgan fingerprint density at radius 2 is 1.72 bits per heavy atom. The maximum Gasteiger partial charge on any atom is 0.240 e. The smallest absolute Gasteiger partial charge is 0.240 e. The molecule has 0 unspecified atom stereocenters. The lowest BCUT2D eigenvalue weighted by Crippen LogP contribution is -2.26. The van der Waals surface area contributed by atoms with Crippen LogP contribution in [0, 0.1) is 27.7 Å². The molecular weight excluding hydrogens is 250 g/mol. The summed E-state index contributed by atoms with van der Waals surface area (Å²) in [4.78, 5) is 0.334. The highest BCUT2D eigenvalue weighted by Crippen LogP contribution is 2.24. The summed E-state index contributed by atoms with van der Waals surface area (Å²) in [5.74, 6) is 0. The zero-order chi connectivity index (χ0) is 13.9. The van der Waals surface area contributed by atoms with Gasteiger partial charge in [-0.1, -0.05) is 0 Å². The third kappa shape index (κ3) is 3.10. The fourth-order valence-electron chi connectivity index (χ4n) is 1.82. The van der Waals surface area contributed by atoms with Crippen molar-refractivity contribution in [1.29, 1.82) is 0 Å². The van der Waals surface area contributed by atoms with Crippen LogP contribution in [0.5, 0.6) is 0 Å². The van der Waals surface area contributed by atoms with Gasteiger partial charge in [-0.05, 0) is 62.4 Å². The first-order valence-corrected chi connectivity index (χ1v) is 7.47. The number of sulfonamides is 1. The van der Waals surface area contributed by atoms with Gasteiger partial charge < -0.3 is 5.11 Å². The van der Waals surface area contributed by atoms with Crippen LogP contribution in [0.3, 0.4) is 0 Å². The maximum absolute atomic E-state index is 12.2. The van der Waals surface area contributed by atoms with Crippen molar-refractivity contribution in [3.63, 3.8) is 0 Å². The van der Waals surface area contributed by atoms with Gasteiger partial charge in [0, 0.05) is 13.2 Å². The van der Waals surface area contributed by atoms with Crippen LogP contribution >= 0.6 is 0 Å². The van der Waals surface area contributed by atoms with E-state index in [1.165, 1.54) is 0 Å². The number of aliphatic hydroxyl groups excluding tert-OH is 1. The van der Waals surface area contributed by atoms with E-state index in [1.807, 2.05) is 27.7 Å². The zero-order valence-electron chi connectivity index (χ0n) is 11.4. The molecule has 0 saturated heterocycles. The van der Waals surface area contributed by atoms with E-state index < -0.39 is 10.0 Å². The number of hydrogen-bond acceptors (Lipinski definition) is 3. The van der Waals surface area contributed by atoms with E-state index in [4.69, 9.17) is 5.11 Å². The second kappa shape index (κ2) is 5.82. The molecule has 0 aliphatic heterocycles. The van der Waals surface area contributed by atoms with E-state index >= 15 is 0 Å². The minimum atomic E-state index is -3.49. The summed E-state index contributed by atoms with van der Waals surface area (Å²) in [6.07, 6.45) is 0.419. The summed E-state index contributed by atoms with van der Waals surface area (Å²) in [7, 11) is -3.49. The largest absolute Gasteiger partial charge is 0.396 e. The Kier molecular flexibility index (Phi) is 4.90. The molecule has 18 heavy (non-hydrogen) atoms. The third-order valence-electron chi connectivity index (χ3n) is 3.35. The van der Waals surface area contributed by atoms with Gasteiger partial charge in [0.2, 0.25) is 10.0 Å². The van der Waals surface area contributed by atoms with Crippen molar-refractivity contribution in [2.75, 3.05) is 13.2 Å². The SMILES string of the molecule is Cc1cc(S(=O)(=O)NCCCO)c(C)c(C)c1C. The number of nitrogens with one attached hydrogen (secondary N) is 1. The van der Waals surface area contributed by atoms with Crippen LogP contribution in [0.2, 0.25) is 0 Å². The lowest BCUT2D eigenvalue weighted by molar-refractivity contribution is 0.289. The number of aryl methyl sites for hydroxylation is 1. The Bertz CT molecular complexity index is 536. The van der Waals surface area contributed by atoms with E-state index in [0.717, 1.165) is 22.3 Å². The highest BCUT2D eigenvalue weighted by molar-refractivity contribution is 7.89. The summed E-state index contributed by atoms with van der Waals surface area (Å²) in [6.45, 7) is 7.90. The van der Waals surface area contributed by atoms with Crippen molar-refractivity contribution in [2.45, 2.75) is 39.0 Å². The minimum absolute atomic E-state index is 0.0204. The molecule has 0 aliphatic rings. The van der Waals surface area contributed by atoms with Crippen molar-refractivity contribution < 1.29 is 13.5 Å². The molecule has 0 spiro atoms. The van der Waals surface area contributed by atoms with Gasteiger partial charge in [-0.2, -0.15) is 0 Å². The van der Waals surface area contributed by atoms with Crippen molar-refractivity contribution in [2.24, 2.45) is 0 Å². The summed E-state index contributed by atoms with van der Waals surface area (Å²) < 4.78 is 26.8. The van der Waals surface area contributed by atoms with Crippen molar-refractivity contribution >= 4 is 10.0 Å². The van der Waals surface area contributed by atoms with Gasteiger partial charge in [-0.3, -0.25) is 0 Å². The molecule has 0 heterocycles. The van der Waals surface area contributed by atoms with Crippen molar-refractivity contribution in [1.82, 2.24) is 4.72 Å². The second-order valence-electron chi connectivity index (χ2n) is 4.54. The molecule has 0 amide bonds. The molecule has 0 aromatic heterocycles. The predicted molar refractivity (Wildman–Crippen MR) is 72.3 cm³/mol. The van der Waals surface area contributed by atoms with Crippen LogP contribution in [-0.2, 0) is 10.0 Å². The molecule has 5 heteroatoms. The molecule has 0 radical (unpaired) electrons. The number of benzene rings is 1. The predicted octanol–water partition coefficient (Wildman–Crippen LogP) is 1.58. The molecule has 0 aliphatic carbocycles. The van der Waals surface area contributed by atoms with E-state index in [-0.39, 0.29) is 13.2 Å². The van der Waals surface area contributed by atoms with E-state index in [0.29, 0.717) is 11.3 Å². The lowest BCUT2D eigenvalue weighted by atomic mass is 10.00. The van der Waals surface area contributed by atoms with Crippen molar-refractivity contribution in [3.8, 4) is 0 Å². The molecule has 4 nitrogen and oxygen atoms in total. The Morgan fingerprint density at radius 1 is 1.11 bits per heavy atom. The molecule has 0 atom stereocenters. The summed E-state index contributed by atoms with van der Waals surface area (Å²) in [5.41, 5.74) is 3.90. The molecule has 0 bridgehead atoms. The lowest BCUT2D eigenvalue weighted by Gasteiger charge is -2.15.